The molecule has 1 fully saturated rings. The summed E-state index contributed by atoms with van der Waals surface area (Å²) in [6.45, 7) is 0. The van der Waals surface area contributed by atoms with Gasteiger partial charge in [-0.25, -0.2) is 0 Å². The Morgan fingerprint density at radius 3 is 1.45 bits per heavy atom. The Morgan fingerprint density at radius 1 is 0.636 bits per heavy atom. The Hall–Kier alpha value is 0.870. The molecule has 0 saturated heterocycles. The van der Waals surface area contributed by atoms with E-state index in [4.69, 9.17) is 0 Å². The van der Waals surface area contributed by atoms with E-state index < -0.39 is 0 Å². The average Bonchev–Trinajstić information content (AvgIpc) is 2.03. The van der Waals surface area contributed by atoms with Gasteiger partial charge in [0, 0.05) is 0 Å². The summed E-state index contributed by atoms with van der Waals surface area (Å²) < 4.78 is 1.22. The molecule has 11 heavy (non-hydrogen) atoms. The molecule has 1 heteroatoms. The van der Waals surface area contributed by atoms with Gasteiger partial charge < -0.3 is 0 Å². The quantitative estimate of drug-likeness (QED) is 0.625. The van der Waals surface area contributed by atoms with Crippen LogP contribution in [0.2, 0.25) is 3.67 Å². The first kappa shape index (κ1) is 9.95. The Labute approximate surface area is 85.7 Å². The second kappa shape index (κ2) is 6.39. The predicted octanol–water partition coefficient (Wildman–Crippen LogP) is 2.93. The molecule has 0 atom stereocenters. The normalized spacial score (nSPS) is 24.7. The molecule has 0 radical (unpaired) electrons. The van der Waals surface area contributed by atoms with E-state index in [0.717, 1.165) is 24.4 Å². The maximum atomic E-state index is 1.58. The third-order valence-corrected chi connectivity index (χ3v) is 6.19. The van der Waals surface area contributed by atoms with E-state index in [-0.39, 0.29) is 0 Å². The zero-order chi connectivity index (χ0) is 7.94. The zero-order valence-corrected chi connectivity index (χ0v) is 13.6. The van der Waals surface area contributed by atoms with E-state index in [9.17, 15) is 0 Å². The van der Waals surface area contributed by atoms with E-state index in [2.05, 4.69) is 0 Å². The van der Waals surface area contributed by atoms with Crippen molar-refractivity contribution in [2.75, 3.05) is 0 Å². The fourth-order valence-corrected chi connectivity index (χ4v) is 4.34. The van der Waals surface area contributed by atoms with Gasteiger partial charge >= 0.3 is 85.8 Å². The van der Waals surface area contributed by atoms with Crippen molar-refractivity contribution in [1.29, 1.82) is 0 Å². The Bertz CT molecular complexity index is 80.9. The van der Waals surface area contributed by atoms with Gasteiger partial charge in [0.05, 0.1) is 0 Å². The van der Waals surface area contributed by atoms with Gasteiger partial charge in [-0.05, 0) is 0 Å². The van der Waals surface area contributed by atoms with E-state index in [0.29, 0.717) is 0 Å². The summed E-state index contributed by atoms with van der Waals surface area (Å²) >= 11 is 0.946. The number of hydrogen-bond acceptors (Lipinski definition) is 0. The molecule has 0 bridgehead atoms. The molecule has 0 unspecified atom stereocenters. The first-order chi connectivity index (χ1) is 5.39. The molecule has 1 saturated carbocycles. The van der Waals surface area contributed by atoms with Crippen molar-refractivity contribution in [3.63, 3.8) is 0 Å². The second-order valence-electron chi connectivity index (χ2n) is 4.16. The van der Waals surface area contributed by atoms with Crippen LogP contribution in [0, 0.1) is 0 Å². The molecule has 0 spiro atoms. The standard InChI is InChI=1S/C10H19.In.2H/c1-2-4-6-8-10-9-7-5-3-1;;;/h1H,2-10H2;;;. The van der Waals surface area contributed by atoms with Gasteiger partial charge in [0.1, 0.15) is 0 Å². The third kappa shape index (κ3) is 5.16. The molecule has 1 rings (SSSR count). The number of hydrogen-bond donors (Lipinski definition) is 0. The van der Waals surface area contributed by atoms with Gasteiger partial charge in [0.15, 0.2) is 0 Å². The maximum absolute atomic E-state index is 1.58. The Kier molecular flexibility index (Phi) is 5.79. The summed E-state index contributed by atoms with van der Waals surface area (Å²) in [5.41, 5.74) is 0. The van der Waals surface area contributed by atoms with Gasteiger partial charge in [0.25, 0.3) is 0 Å². The van der Waals surface area contributed by atoms with Crippen LogP contribution in [0.15, 0.2) is 0 Å². The van der Waals surface area contributed by atoms with Crippen LogP contribution < -0.4 is 0 Å². The van der Waals surface area contributed by atoms with Crippen LogP contribution in [0.5, 0.6) is 0 Å². The van der Waals surface area contributed by atoms with Crippen LogP contribution in [-0.4, -0.2) is 24.4 Å². The van der Waals surface area contributed by atoms with Crippen LogP contribution in [0.4, 0.5) is 0 Å². The Morgan fingerprint density at radius 2 is 1.00 bits per heavy atom. The van der Waals surface area contributed by atoms with Gasteiger partial charge in [-0.3, -0.25) is 0 Å². The van der Waals surface area contributed by atoms with Crippen molar-refractivity contribution in [2.24, 2.45) is 0 Å². The average molecular weight is 256 g/mol. The minimum absolute atomic E-state index is 0.946. The Balaban J connectivity index is 2.12. The summed E-state index contributed by atoms with van der Waals surface area (Å²) in [6, 6.07) is 0. The topological polar surface area (TPSA) is 0 Å². The van der Waals surface area contributed by atoms with E-state index >= 15 is 0 Å². The molecule has 64 valence electrons. The SMILES string of the molecule is [InH2][CH]1CCCCCCCCC1. The van der Waals surface area contributed by atoms with E-state index in [1.807, 2.05) is 0 Å². The van der Waals surface area contributed by atoms with Gasteiger partial charge in [-0.2, -0.15) is 0 Å². The number of rotatable bonds is 0. The first-order valence-electron chi connectivity index (χ1n) is 5.39. The zero-order valence-electron chi connectivity index (χ0n) is 7.94. The fourth-order valence-electron chi connectivity index (χ4n) is 2.01. The molecular formula is C10H21In. The van der Waals surface area contributed by atoms with Crippen LogP contribution >= 0.6 is 0 Å². The van der Waals surface area contributed by atoms with E-state index in [1.54, 1.807) is 12.8 Å². The van der Waals surface area contributed by atoms with Crippen molar-refractivity contribution in [3.05, 3.63) is 0 Å². The van der Waals surface area contributed by atoms with Gasteiger partial charge in [-0.15, -0.1) is 0 Å². The molecule has 0 aliphatic heterocycles. The van der Waals surface area contributed by atoms with Crippen molar-refractivity contribution < 1.29 is 0 Å². The predicted molar refractivity (Wildman–Crippen MR) is 53.8 cm³/mol. The summed E-state index contributed by atoms with van der Waals surface area (Å²) in [7, 11) is 0. The fraction of sp³-hybridized carbons (Fsp3) is 1.00. The molecule has 0 heterocycles. The van der Waals surface area contributed by atoms with Crippen LogP contribution in [0.25, 0.3) is 0 Å². The monoisotopic (exact) mass is 256 g/mol. The third-order valence-electron chi connectivity index (χ3n) is 2.89. The minimum atomic E-state index is 0.946. The molecule has 0 aromatic heterocycles. The molecule has 0 nitrogen and oxygen atoms in total. The summed E-state index contributed by atoms with van der Waals surface area (Å²) in [6.07, 6.45) is 13.8. The van der Waals surface area contributed by atoms with Crippen molar-refractivity contribution in [1.82, 2.24) is 0 Å². The molecule has 1 aliphatic rings. The van der Waals surface area contributed by atoms with Crippen LogP contribution in [-0.2, 0) is 0 Å². The first-order valence-corrected chi connectivity index (χ1v) is 8.69. The summed E-state index contributed by atoms with van der Waals surface area (Å²) in [5.74, 6) is 0. The van der Waals surface area contributed by atoms with Gasteiger partial charge in [0.2, 0.25) is 0 Å². The van der Waals surface area contributed by atoms with Crippen LogP contribution in [0.1, 0.15) is 57.8 Å². The molecule has 0 N–H and O–H groups in total. The molecular weight excluding hydrogens is 235 g/mol. The summed E-state index contributed by atoms with van der Waals surface area (Å²) in [5, 5.41) is 0. The van der Waals surface area contributed by atoms with Crippen molar-refractivity contribution in [3.8, 4) is 0 Å². The molecule has 0 aromatic rings. The van der Waals surface area contributed by atoms with Crippen molar-refractivity contribution >= 4 is 24.4 Å². The molecule has 0 amide bonds. The second-order valence-corrected chi connectivity index (χ2v) is 8.82. The molecule has 1 aliphatic carbocycles. The van der Waals surface area contributed by atoms with E-state index in [1.165, 1.54) is 48.6 Å². The van der Waals surface area contributed by atoms with Crippen molar-refractivity contribution in [2.45, 2.75) is 61.5 Å². The summed E-state index contributed by atoms with van der Waals surface area (Å²) in [4.78, 5) is 0. The molecule has 0 aromatic carbocycles. The van der Waals surface area contributed by atoms with Gasteiger partial charge in [-0.1, -0.05) is 0 Å². The van der Waals surface area contributed by atoms with Crippen LogP contribution in [0.3, 0.4) is 0 Å².